The van der Waals surface area contributed by atoms with Gasteiger partial charge in [0.1, 0.15) is 4.21 Å². The number of hydrogen-bond acceptors (Lipinski definition) is 8. The van der Waals surface area contributed by atoms with Crippen LogP contribution in [0, 0.1) is 5.92 Å². The molecule has 178 valence electrons. The molecular formula is C20H31N5O5S2. The number of amides is 1. The lowest BCUT2D eigenvalue weighted by molar-refractivity contribution is -0.136. The predicted molar refractivity (Wildman–Crippen MR) is 119 cm³/mol. The topological polar surface area (TPSA) is 118 Å². The molecule has 3 atom stereocenters. The fourth-order valence-electron chi connectivity index (χ4n) is 3.66. The predicted octanol–water partition coefficient (Wildman–Crippen LogP) is 1.18. The van der Waals surface area contributed by atoms with Crippen LogP contribution < -0.4 is 0 Å². The Morgan fingerprint density at radius 3 is 2.91 bits per heavy atom. The zero-order valence-electron chi connectivity index (χ0n) is 18.6. The van der Waals surface area contributed by atoms with Crippen LogP contribution >= 0.6 is 11.3 Å². The van der Waals surface area contributed by atoms with Crippen molar-refractivity contribution >= 4 is 27.3 Å². The third-order valence-corrected chi connectivity index (χ3v) is 8.93. The molecule has 0 saturated carbocycles. The standard InChI is InChI=1S/C20H31N5O5S2/c1-15-11-24(16(2)13-26)19(27)6-4-8-25-17(10-21-22-25)14-30-18(15)12-23(3)32(28,29)20-7-5-9-31-20/h5,7,9-10,15-16,18,26H,4,6,8,11-14H2,1-3H3/t15-,16-,18-/m0/s1. The average Bonchev–Trinajstić information content (AvgIpc) is 3.45. The number of aromatic nitrogens is 3. The van der Waals surface area contributed by atoms with Gasteiger partial charge in [-0.25, -0.2) is 13.1 Å². The number of carbonyl (C=O) groups is 1. The van der Waals surface area contributed by atoms with Crippen LogP contribution in [0.4, 0.5) is 0 Å². The molecule has 0 spiro atoms. The Bertz CT molecular complexity index is 978. The normalized spacial score (nSPS) is 22.3. The molecule has 10 nitrogen and oxygen atoms in total. The first-order valence-electron chi connectivity index (χ1n) is 10.6. The molecule has 0 aromatic carbocycles. The van der Waals surface area contributed by atoms with Crippen molar-refractivity contribution in [1.29, 1.82) is 0 Å². The first-order valence-corrected chi connectivity index (χ1v) is 12.9. The number of aliphatic hydroxyl groups excluding tert-OH is 1. The Labute approximate surface area is 192 Å². The smallest absolute Gasteiger partial charge is 0.252 e. The first-order chi connectivity index (χ1) is 15.2. The molecule has 0 fully saturated rings. The van der Waals surface area contributed by atoms with Gasteiger partial charge in [-0.2, -0.15) is 4.31 Å². The van der Waals surface area contributed by atoms with Crippen molar-refractivity contribution in [2.45, 2.75) is 56.2 Å². The minimum absolute atomic E-state index is 0.0565. The fourth-order valence-corrected chi connectivity index (χ4v) is 6.05. The third-order valence-electron chi connectivity index (χ3n) is 5.74. The third kappa shape index (κ3) is 5.73. The molecule has 0 aliphatic carbocycles. The number of aliphatic hydroxyl groups is 1. The van der Waals surface area contributed by atoms with Gasteiger partial charge < -0.3 is 14.7 Å². The van der Waals surface area contributed by atoms with E-state index in [1.807, 2.05) is 6.92 Å². The number of fused-ring (bicyclic) bond motifs is 1. The number of likely N-dealkylation sites (N-methyl/N-ethyl adjacent to an activating group) is 1. The van der Waals surface area contributed by atoms with E-state index < -0.39 is 16.1 Å². The van der Waals surface area contributed by atoms with E-state index in [9.17, 15) is 18.3 Å². The first kappa shape index (κ1) is 24.8. The molecule has 0 unspecified atom stereocenters. The van der Waals surface area contributed by atoms with Crippen molar-refractivity contribution in [3.63, 3.8) is 0 Å². The number of thiophene rings is 1. The number of ether oxygens (including phenoxy) is 1. The van der Waals surface area contributed by atoms with Gasteiger partial charge in [0.2, 0.25) is 5.91 Å². The molecular weight excluding hydrogens is 454 g/mol. The van der Waals surface area contributed by atoms with Gasteiger partial charge in [0.15, 0.2) is 0 Å². The van der Waals surface area contributed by atoms with Crippen molar-refractivity contribution in [1.82, 2.24) is 24.2 Å². The maximum Gasteiger partial charge on any atom is 0.252 e. The van der Waals surface area contributed by atoms with Crippen LogP contribution in [0.3, 0.4) is 0 Å². The van der Waals surface area contributed by atoms with Crippen LogP contribution in [0.25, 0.3) is 0 Å². The van der Waals surface area contributed by atoms with E-state index in [1.165, 1.54) is 22.7 Å². The van der Waals surface area contributed by atoms with E-state index >= 15 is 0 Å². The van der Waals surface area contributed by atoms with Crippen LogP contribution in [-0.2, 0) is 32.7 Å². The zero-order chi connectivity index (χ0) is 23.3. The number of aryl methyl sites for hydroxylation is 1. The van der Waals surface area contributed by atoms with Gasteiger partial charge >= 0.3 is 0 Å². The van der Waals surface area contributed by atoms with E-state index in [4.69, 9.17) is 4.74 Å². The molecule has 0 bridgehead atoms. The Kier molecular flexibility index (Phi) is 8.39. The molecule has 1 aliphatic rings. The quantitative estimate of drug-likeness (QED) is 0.653. The monoisotopic (exact) mass is 485 g/mol. The highest BCUT2D eigenvalue weighted by molar-refractivity contribution is 7.91. The average molecular weight is 486 g/mol. The second-order valence-corrected chi connectivity index (χ2v) is 11.4. The maximum atomic E-state index is 12.9. The van der Waals surface area contributed by atoms with Crippen LogP contribution in [0.2, 0.25) is 0 Å². The SMILES string of the molecule is C[C@H]1CN([C@@H](C)CO)C(=O)CCCn2nncc2CO[C@H]1CN(C)S(=O)(=O)c1cccs1. The summed E-state index contributed by atoms with van der Waals surface area (Å²) in [4.78, 5) is 14.6. The van der Waals surface area contributed by atoms with Gasteiger partial charge in [-0.3, -0.25) is 4.79 Å². The van der Waals surface area contributed by atoms with Gasteiger partial charge in [0.25, 0.3) is 10.0 Å². The number of nitrogens with zero attached hydrogens (tertiary/aromatic N) is 5. The molecule has 1 amide bonds. The lowest BCUT2D eigenvalue weighted by atomic mass is 10.0. The molecule has 3 rings (SSSR count). The summed E-state index contributed by atoms with van der Waals surface area (Å²) in [7, 11) is -2.11. The van der Waals surface area contributed by atoms with Gasteiger partial charge in [-0.15, -0.1) is 16.4 Å². The molecule has 32 heavy (non-hydrogen) atoms. The van der Waals surface area contributed by atoms with Crippen LogP contribution in [0.5, 0.6) is 0 Å². The Balaban J connectivity index is 1.86. The van der Waals surface area contributed by atoms with Crippen LogP contribution in [0.15, 0.2) is 27.9 Å². The lowest BCUT2D eigenvalue weighted by Crippen LogP contribution is -2.47. The lowest BCUT2D eigenvalue weighted by Gasteiger charge is -2.35. The Morgan fingerprint density at radius 2 is 2.22 bits per heavy atom. The summed E-state index contributed by atoms with van der Waals surface area (Å²) in [5.74, 6) is -0.239. The summed E-state index contributed by atoms with van der Waals surface area (Å²) in [6.45, 7) is 4.83. The second-order valence-electron chi connectivity index (χ2n) is 8.17. The van der Waals surface area contributed by atoms with Gasteiger partial charge in [-0.1, -0.05) is 18.2 Å². The summed E-state index contributed by atoms with van der Waals surface area (Å²) in [6.07, 6.45) is 2.07. The number of sulfonamides is 1. The van der Waals surface area contributed by atoms with E-state index in [0.29, 0.717) is 25.9 Å². The highest BCUT2D eigenvalue weighted by atomic mass is 32.2. The largest absolute Gasteiger partial charge is 0.394 e. The van der Waals surface area contributed by atoms with Crippen molar-refractivity contribution in [3.05, 3.63) is 29.4 Å². The second kappa shape index (κ2) is 10.8. The van der Waals surface area contributed by atoms with Crippen molar-refractivity contribution in [2.24, 2.45) is 5.92 Å². The van der Waals surface area contributed by atoms with Crippen LogP contribution in [0.1, 0.15) is 32.4 Å². The summed E-state index contributed by atoms with van der Waals surface area (Å²) in [5, 5.41) is 19.4. The number of rotatable bonds is 6. The molecule has 0 radical (unpaired) electrons. The van der Waals surface area contributed by atoms with E-state index in [2.05, 4.69) is 10.3 Å². The van der Waals surface area contributed by atoms with Crippen LogP contribution in [-0.4, -0.2) is 82.5 Å². The van der Waals surface area contributed by atoms with Crippen molar-refractivity contribution in [2.75, 3.05) is 26.7 Å². The van der Waals surface area contributed by atoms with Gasteiger partial charge in [0.05, 0.1) is 37.3 Å². The number of hydrogen-bond donors (Lipinski definition) is 1. The minimum atomic E-state index is -3.64. The summed E-state index contributed by atoms with van der Waals surface area (Å²) >= 11 is 1.17. The summed E-state index contributed by atoms with van der Waals surface area (Å²) < 4.78 is 35.3. The fraction of sp³-hybridized carbons (Fsp3) is 0.650. The van der Waals surface area contributed by atoms with Gasteiger partial charge in [0, 0.05) is 39.0 Å². The summed E-state index contributed by atoms with van der Waals surface area (Å²) in [5.41, 5.74) is 0.777. The minimum Gasteiger partial charge on any atom is -0.394 e. The highest BCUT2D eigenvalue weighted by Gasteiger charge is 2.31. The molecule has 2 aromatic rings. The van der Waals surface area contributed by atoms with E-state index in [0.717, 1.165) is 5.69 Å². The summed E-state index contributed by atoms with van der Waals surface area (Å²) in [6, 6.07) is 2.94. The Hall–Kier alpha value is -1.86. The highest BCUT2D eigenvalue weighted by Crippen LogP contribution is 2.23. The van der Waals surface area contributed by atoms with Crippen molar-refractivity contribution < 1.29 is 23.1 Å². The van der Waals surface area contributed by atoms with E-state index in [1.54, 1.807) is 40.2 Å². The molecule has 1 N–H and O–H groups in total. The van der Waals surface area contributed by atoms with Crippen molar-refractivity contribution in [3.8, 4) is 0 Å². The number of carbonyl (C=O) groups excluding carboxylic acids is 1. The molecule has 1 aliphatic heterocycles. The molecule has 3 heterocycles. The molecule has 0 saturated heterocycles. The molecule has 2 aromatic heterocycles. The molecule has 12 heteroatoms. The van der Waals surface area contributed by atoms with Gasteiger partial charge in [-0.05, 0) is 24.8 Å². The maximum absolute atomic E-state index is 12.9. The Morgan fingerprint density at radius 1 is 1.44 bits per heavy atom. The zero-order valence-corrected chi connectivity index (χ0v) is 20.3. The van der Waals surface area contributed by atoms with E-state index in [-0.39, 0.29) is 41.8 Å².